The zero-order valence-electron chi connectivity index (χ0n) is 13.4. The lowest BCUT2D eigenvalue weighted by Gasteiger charge is -2.44. The van der Waals surface area contributed by atoms with E-state index in [1.165, 1.54) is 11.3 Å². The summed E-state index contributed by atoms with van der Waals surface area (Å²) in [5.41, 5.74) is 0.985. The number of nitriles is 1. The average molecular weight is 372 g/mol. The van der Waals surface area contributed by atoms with Crippen molar-refractivity contribution in [2.75, 3.05) is 31.2 Å². The summed E-state index contributed by atoms with van der Waals surface area (Å²) in [6.45, 7) is 2.39. The van der Waals surface area contributed by atoms with Crippen LogP contribution in [0.2, 0.25) is 0 Å². The van der Waals surface area contributed by atoms with Crippen molar-refractivity contribution >= 4 is 39.4 Å². The molecule has 128 valence electrons. The summed E-state index contributed by atoms with van der Waals surface area (Å²) in [5, 5.41) is 18.2. The van der Waals surface area contributed by atoms with Gasteiger partial charge in [0.25, 0.3) is 5.91 Å². The van der Waals surface area contributed by atoms with Gasteiger partial charge in [-0.05, 0) is 28.5 Å². The number of Topliss-reactive ketones (excluding diaryl/α,β-unsaturated/α-hetero) is 1. The predicted molar refractivity (Wildman–Crippen MR) is 96.7 cm³/mol. The molecule has 1 atom stereocenters. The number of carbonyl (C=O) groups is 2. The molecule has 1 amide bonds. The lowest BCUT2D eigenvalue weighted by molar-refractivity contribution is -0.119. The minimum atomic E-state index is -0.773. The van der Waals surface area contributed by atoms with Crippen molar-refractivity contribution in [3.05, 3.63) is 39.4 Å². The first-order chi connectivity index (χ1) is 12.2. The van der Waals surface area contributed by atoms with Crippen molar-refractivity contribution in [3.63, 3.8) is 0 Å². The molecule has 0 aliphatic carbocycles. The number of ketones is 1. The standard InChI is InChI=1S/C17H16N4O2S2/c18-11-13-14(22)10-12-3-9-25-17(12)21(13)20-6-4-19(5-7-20)16(23)15-2-1-8-24-15/h1-3,8-9,13H,4-7,10H2. The van der Waals surface area contributed by atoms with Crippen LogP contribution in [0.25, 0.3) is 0 Å². The van der Waals surface area contributed by atoms with Gasteiger partial charge in [-0.2, -0.15) is 5.26 Å². The van der Waals surface area contributed by atoms with E-state index < -0.39 is 6.04 Å². The van der Waals surface area contributed by atoms with Gasteiger partial charge in [0.15, 0.2) is 11.8 Å². The number of hydrazine groups is 1. The highest BCUT2D eigenvalue weighted by atomic mass is 32.1. The molecule has 2 aromatic heterocycles. The fraction of sp³-hybridized carbons (Fsp3) is 0.353. The maximum atomic E-state index is 12.5. The number of hydrogen-bond acceptors (Lipinski definition) is 7. The number of fused-ring (bicyclic) bond motifs is 1. The summed E-state index contributed by atoms with van der Waals surface area (Å²) >= 11 is 3.00. The third-order valence-corrected chi connectivity index (χ3v) is 6.35. The van der Waals surface area contributed by atoms with Crippen molar-refractivity contribution in [3.8, 4) is 6.07 Å². The fourth-order valence-electron chi connectivity index (χ4n) is 3.29. The smallest absolute Gasteiger partial charge is 0.264 e. The summed E-state index contributed by atoms with van der Waals surface area (Å²) in [6.07, 6.45) is 0.324. The number of anilines is 1. The minimum Gasteiger partial charge on any atom is -0.335 e. The van der Waals surface area contributed by atoms with E-state index in [1.54, 1.807) is 11.3 Å². The number of piperazine rings is 1. The molecular weight excluding hydrogens is 356 g/mol. The maximum Gasteiger partial charge on any atom is 0.264 e. The van der Waals surface area contributed by atoms with Crippen LogP contribution in [0.15, 0.2) is 29.0 Å². The monoisotopic (exact) mass is 372 g/mol. The molecule has 2 aliphatic heterocycles. The second kappa shape index (κ2) is 6.59. The van der Waals surface area contributed by atoms with E-state index in [4.69, 9.17) is 0 Å². The lowest BCUT2D eigenvalue weighted by atomic mass is 10.0. The van der Waals surface area contributed by atoms with Crippen LogP contribution < -0.4 is 5.01 Å². The maximum absolute atomic E-state index is 12.5. The van der Waals surface area contributed by atoms with Crippen LogP contribution in [0.4, 0.5) is 5.00 Å². The van der Waals surface area contributed by atoms with Crippen LogP contribution >= 0.6 is 22.7 Å². The quantitative estimate of drug-likeness (QED) is 0.807. The van der Waals surface area contributed by atoms with Crippen LogP contribution in [-0.2, 0) is 11.2 Å². The van der Waals surface area contributed by atoms with Gasteiger partial charge < -0.3 is 4.90 Å². The summed E-state index contributed by atoms with van der Waals surface area (Å²) in [7, 11) is 0. The second-order valence-electron chi connectivity index (χ2n) is 5.99. The molecule has 0 spiro atoms. The van der Waals surface area contributed by atoms with Gasteiger partial charge in [0.05, 0.1) is 10.9 Å². The van der Waals surface area contributed by atoms with Gasteiger partial charge in [-0.3, -0.25) is 14.6 Å². The highest BCUT2D eigenvalue weighted by Crippen LogP contribution is 2.35. The Hall–Kier alpha value is -2.21. The Labute approximate surface area is 153 Å². The Morgan fingerprint density at radius 2 is 1.96 bits per heavy atom. The number of rotatable bonds is 2. The first-order valence-corrected chi connectivity index (χ1v) is 9.80. The summed E-state index contributed by atoms with van der Waals surface area (Å²) in [6, 6.07) is 7.05. The molecule has 6 nitrogen and oxygen atoms in total. The van der Waals surface area contributed by atoms with Crippen molar-refractivity contribution in [1.82, 2.24) is 9.91 Å². The van der Waals surface area contributed by atoms with Crippen LogP contribution in [0.5, 0.6) is 0 Å². The Bertz CT molecular complexity index is 831. The van der Waals surface area contributed by atoms with Crippen molar-refractivity contribution < 1.29 is 9.59 Å². The molecule has 0 aromatic carbocycles. The van der Waals surface area contributed by atoms with Crippen molar-refractivity contribution in [2.45, 2.75) is 12.5 Å². The van der Waals surface area contributed by atoms with Gasteiger partial charge >= 0.3 is 0 Å². The average Bonchev–Trinajstić information content (AvgIpc) is 3.31. The predicted octanol–water partition coefficient (Wildman–Crippen LogP) is 2.01. The van der Waals surface area contributed by atoms with Gasteiger partial charge in [0.2, 0.25) is 0 Å². The topological polar surface area (TPSA) is 67.7 Å². The summed E-state index contributed by atoms with van der Waals surface area (Å²) in [5.74, 6) is -0.0106. The van der Waals surface area contributed by atoms with E-state index in [0.29, 0.717) is 32.6 Å². The van der Waals surface area contributed by atoms with Gasteiger partial charge in [-0.15, -0.1) is 22.7 Å². The Kier molecular flexibility index (Phi) is 4.29. The molecule has 2 aromatic rings. The Morgan fingerprint density at radius 3 is 2.64 bits per heavy atom. The number of amides is 1. The number of carbonyl (C=O) groups excluding carboxylic acids is 2. The number of nitrogens with zero attached hydrogens (tertiary/aromatic N) is 4. The first kappa shape index (κ1) is 16.3. The third-order valence-electron chi connectivity index (χ3n) is 4.55. The number of thiophene rings is 2. The lowest BCUT2D eigenvalue weighted by Crippen LogP contribution is -2.60. The van der Waals surface area contributed by atoms with Gasteiger partial charge in [-0.1, -0.05) is 6.07 Å². The zero-order valence-corrected chi connectivity index (χ0v) is 15.1. The Morgan fingerprint density at radius 1 is 1.16 bits per heavy atom. The third kappa shape index (κ3) is 2.84. The van der Waals surface area contributed by atoms with Crippen LogP contribution in [0.3, 0.4) is 0 Å². The molecule has 1 fully saturated rings. The normalized spacial score (nSPS) is 21.1. The Balaban J connectivity index is 1.51. The van der Waals surface area contributed by atoms with Crippen molar-refractivity contribution in [2.24, 2.45) is 0 Å². The van der Waals surface area contributed by atoms with E-state index in [0.717, 1.165) is 15.4 Å². The van der Waals surface area contributed by atoms with Crippen LogP contribution in [0.1, 0.15) is 15.2 Å². The van der Waals surface area contributed by atoms with E-state index in [-0.39, 0.29) is 11.7 Å². The fourth-order valence-corrected chi connectivity index (χ4v) is 4.96. The molecule has 2 aliphatic rings. The zero-order chi connectivity index (χ0) is 17.4. The van der Waals surface area contributed by atoms with E-state index in [2.05, 4.69) is 6.07 Å². The minimum absolute atomic E-state index is 0.0537. The highest BCUT2D eigenvalue weighted by molar-refractivity contribution is 7.14. The van der Waals surface area contributed by atoms with Gasteiger partial charge in [0.1, 0.15) is 5.00 Å². The number of hydrogen-bond donors (Lipinski definition) is 0. The molecule has 0 radical (unpaired) electrons. The first-order valence-electron chi connectivity index (χ1n) is 8.04. The summed E-state index contributed by atoms with van der Waals surface area (Å²) in [4.78, 5) is 27.4. The van der Waals surface area contributed by atoms with E-state index in [9.17, 15) is 14.9 Å². The molecule has 0 saturated carbocycles. The molecule has 0 N–H and O–H groups in total. The SMILES string of the molecule is N#CC1C(=O)Cc2ccsc2N1N1CCN(C(=O)c2cccs2)CC1. The molecular formula is C17H16N4O2S2. The van der Waals surface area contributed by atoms with Gasteiger partial charge in [0, 0.05) is 32.6 Å². The van der Waals surface area contributed by atoms with Gasteiger partial charge in [-0.25, -0.2) is 5.01 Å². The molecule has 25 heavy (non-hydrogen) atoms. The molecule has 1 saturated heterocycles. The molecule has 4 rings (SSSR count). The molecule has 1 unspecified atom stereocenters. The van der Waals surface area contributed by atoms with Crippen LogP contribution in [-0.4, -0.2) is 53.8 Å². The van der Waals surface area contributed by atoms with E-state index in [1.807, 2.05) is 43.9 Å². The molecule has 0 bridgehead atoms. The van der Waals surface area contributed by atoms with Crippen LogP contribution in [0, 0.1) is 11.3 Å². The molecule has 4 heterocycles. The van der Waals surface area contributed by atoms with Crippen molar-refractivity contribution in [1.29, 1.82) is 5.26 Å². The largest absolute Gasteiger partial charge is 0.335 e. The summed E-state index contributed by atoms with van der Waals surface area (Å²) < 4.78 is 0. The second-order valence-corrected chi connectivity index (χ2v) is 7.84. The van der Waals surface area contributed by atoms with E-state index >= 15 is 0 Å². The highest BCUT2D eigenvalue weighted by Gasteiger charge is 2.38. The molecule has 8 heteroatoms.